The van der Waals surface area contributed by atoms with E-state index in [1.807, 2.05) is 19.1 Å². The van der Waals surface area contributed by atoms with Crippen LogP contribution in [0.1, 0.15) is 22.7 Å². The fourth-order valence-electron chi connectivity index (χ4n) is 2.03. The van der Waals surface area contributed by atoms with Crippen LogP contribution in [0.2, 0.25) is 0 Å². The van der Waals surface area contributed by atoms with Crippen LogP contribution in [0.25, 0.3) is 0 Å². The number of hydrogen-bond donors (Lipinski definition) is 1. The first kappa shape index (κ1) is 13.5. The molecule has 2 N–H and O–H groups in total. The molecule has 0 aromatic heterocycles. The van der Waals surface area contributed by atoms with Gasteiger partial charge in [-0.2, -0.15) is 0 Å². The zero-order valence-corrected chi connectivity index (χ0v) is 10.8. The van der Waals surface area contributed by atoms with Gasteiger partial charge in [0, 0.05) is 11.6 Å². The van der Waals surface area contributed by atoms with E-state index >= 15 is 0 Å². The third-order valence-electron chi connectivity index (χ3n) is 2.96. The molecular weight excluding hydrogens is 248 g/mol. The molecule has 0 saturated heterocycles. The highest BCUT2D eigenvalue weighted by molar-refractivity contribution is 5.43. The highest BCUT2D eigenvalue weighted by atomic mass is 19.1. The molecule has 1 unspecified atom stereocenters. The zero-order valence-electron chi connectivity index (χ0n) is 10.8. The Balaban J connectivity index is 2.48. The Morgan fingerprint density at radius 3 is 2.26 bits per heavy atom. The number of ether oxygens (including phenoxy) is 1. The number of methoxy groups -OCH3 is 1. The number of benzene rings is 2. The summed E-state index contributed by atoms with van der Waals surface area (Å²) in [6.45, 7) is 1.92. The molecule has 1 atom stereocenters. The van der Waals surface area contributed by atoms with Crippen LogP contribution < -0.4 is 10.5 Å². The van der Waals surface area contributed by atoms with Gasteiger partial charge in [0.25, 0.3) is 0 Å². The summed E-state index contributed by atoms with van der Waals surface area (Å²) in [7, 11) is 1.53. The van der Waals surface area contributed by atoms with E-state index in [1.54, 1.807) is 6.07 Å². The van der Waals surface area contributed by atoms with E-state index in [-0.39, 0.29) is 0 Å². The van der Waals surface area contributed by atoms with E-state index in [4.69, 9.17) is 10.5 Å². The van der Waals surface area contributed by atoms with Crippen LogP contribution >= 0.6 is 0 Å². The van der Waals surface area contributed by atoms with Crippen molar-refractivity contribution in [2.24, 2.45) is 5.73 Å². The molecule has 100 valence electrons. The van der Waals surface area contributed by atoms with E-state index in [1.165, 1.54) is 19.2 Å². The van der Waals surface area contributed by atoms with Gasteiger partial charge in [0.15, 0.2) is 0 Å². The number of aryl methyl sites for hydroxylation is 1. The van der Waals surface area contributed by atoms with Crippen LogP contribution in [0.15, 0.2) is 36.4 Å². The van der Waals surface area contributed by atoms with Crippen molar-refractivity contribution >= 4 is 0 Å². The van der Waals surface area contributed by atoms with E-state index in [0.29, 0.717) is 16.9 Å². The second-order valence-electron chi connectivity index (χ2n) is 4.43. The number of hydrogen-bond acceptors (Lipinski definition) is 2. The lowest BCUT2D eigenvalue weighted by atomic mass is 9.97. The average molecular weight is 263 g/mol. The van der Waals surface area contributed by atoms with Crippen LogP contribution in [0.4, 0.5) is 8.78 Å². The van der Waals surface area contributed by atoms with Crippen molar-refractivity contribution in [1.29, 1.82) is 0 Å². The quantitative estimate of drug-likeness (QED) is 0.921. The minimum Gasteiger partial charge on any atom is -0.496 e. The molecule has 0 heterocycles. The Morgan fingerprint density at radius 1 is 1.05 bits per heavy atom. The molecule has 0 spiro atoms. The first-order chi connectivity index (χ1) is 9.01. The first-order valence-corrected chi connectivity index (χ1v) is 5.87. The van der Waals surface area contributed by atoms with Gasteiger partial charge in [-0.15, -0.1) is 0 Å². The van der Waals surface area contributed by atoms with Gasteiger partial charge >= 0.3 is 0 Å². The Morgan fingerprint density at radius 2 is 1.68 bits per heavy atom. The monoisotopic (exact) mass is 263 g/mol. The van der Waals surface area contributed by atoms with Crippen LogP contribution in [0.5, 0.6) is 5.75 Å². The lowest BCUT2D eigenvalue weighted by Crippen LogP contribution is -2.14. The van der Waals surface area contributed by atoms with Gasteiger partial charge in [0.05, 0.1) is 13.2 Å². The molecule has 2 aromatic rings. The van der Waals surface area contributed by atoms with Crippen molar-refractivity contribution in [1.82, 2.24) is 0 Å². The molecule has 0 fully saturated rings. The molecule has 2 nitrogen and oxygen atoms in total. The van der Waals surface area contributed by atoms with Gasteiger partial charge < -0.3 is 10.5 Å². The second-order valence-corrected chi connectivity index (χ2v) is 4.43. The van der Waals surface area contributed by atoms with Crippen molar-refractivity contribution in [2.45, 2.75) is 13.0 Å². The minimum atomic E-state index is -0.642. The van der Waals surface area contributed by atoms with Gasteiger partial charge in [0.1, 0.15) is 17.4 Å². The van der Waals surface area contributed by atoms with Gasteiger partial charge in [-0.3, -0.25) is 0 Å². The standard InChI is InChI=1S/C15H15F2NO/c1-9-3-4-14(19-2)13(5-9)15(18)10-6-11(16)8-12(17)7-10/h3-8,15H,18H2,1-2H3. The highest BCUT2D eigenvalue weighted by Crippen LogP contribution is 2.29. The lowest BCUT2D eigenvalue weighted by Gasteiger charge is -2.17. The zero-order chi connectivity index (χ0) is 14.0. The normalized spacial score (nSPS) is 12.3. The van der Waals surface area contributed by atoms with E-state index in [2.05, 4.69) is 0 Å². The highest BCUT2D eigenvalue weighted by Gasteiger charge is 2.16. The van der Waals surface area contributed by atoms with Crippen LogP contribution in [-0.2, 0) is 0 Å². The van der Waals surface area contributed by atoms with Gasteiger partial charge in [-0.25, -0.2) is 8.78 Å². The molecule has 2 rings (SSSR count). The lowest BCUT2D eigenvalue weighted by molar-refractivity contribution is 0.407. The average Bonchev–Trinajstić information content (AvgIpc) is 2.36. The molecular formula is C15H15F2NO. The molecule has 0 bridgehead atoms. The van der Waals surface area contributed by atoms with Crippen LogP contribution in [0.3, 0.4) is 0 Å². The predicted octanol–water partition coefficient (Wildman–Crippen LogP) is 3.33. The third-order valence-corrected chi connectivity index (χ3v) is 2.96. The first-order valence-electron chi connectivity index (χ1n) is 5.87. The maximum atomic E-state index is 13.2. The molecule has 0 aliphatic rings. The molecule has 4 heteroatoms. The van der Waals surface area contributed by atoms with E-state index in [0.717, 1.165) is 11.6 Å². The summed E-state index contributed by atoms with van der Waals surface area (Å²) in [5.41, 5.74) is 8.17. The summed E-state index contributed by atoms with van der Waals surface area (Å²) in [5.74, 6) is -0.683. The fourth-order valence-corrected chi connectivity index (χ4v) is 2.03. The van der Waals surface area contributed by atoms with E-state index in [9.17, 15) is 8.78 Å². The molecule has 0 saturated carbocycles. The molecule has 0 aliphatic carbocycles. The maximum Gasteiger partial charge on any atom is 0.126 e. The molecule has 0 radical (unpaired) electrons. The minimum absolute atomic E-state index is 0.376. The molecule has 0 aliphatic heterocycles. The Hall–Kier alpha value is -1.94. The third kappa shape index (κ3) is 2.90. The van der Waals surface area contributed by atoms with Crippen LogP contribution in [0, 0.1) is 18.6 Å². The molecule has 2 aromatic carbocycles. The van der Waals surface area contributed by atoms with Crippen molar-refractivity contribution in [3.05, 3.63) is 64.7 Å². The Labute approximate surface area is 110 Å². The summed E-state index contributed by atoms with van der Waals surface area (Å²) in [6.07, 6.45) is 0. The van der Waals surface area contributed by atoms with Crippen LogP contribution in [-0.4, -0.2) is 7.11 Å². The van der Waals surface area contributed by atoms with Crippen molar-refractivity contribution < 1.29 is 13.5 Å². The van der Waals surface area contributed by atoms with Gasteiger partial charge in [-0.05, 0) is 30.7 Å². The fraction of sp³-hybridized carbons (Fsp3) is 0.200. The van der Waals surface area contributed by atoms with Gasteiger partial charge in [-0.1, -0.05) is 17.7 Å². The summed E-state index contributed by atoms with van der Waals surface area (Å²) < 4.78 is 31.7. The summed E-state index contributed by atoms with van der Waals surface area (Å²) in [4.78, 5) is 0. The second kappa shape index (κ2) is 5.36. The number of nitrogens with two attached hydrogens (primary N) is 1. The summed E-state index contributed by atoms with van der Waals surface area (Å²) >= 11 is 0. The largest absolute Gasteiger partial charge is 0.496 e. The SMILES string of the molecule is COc1ccc(C)cc1C(N)c1cc(F)cc(F)c1. The van der Waals surface area contributed by atoms with Gasteiger partial charge in [0.2, 0.25) is 0 Å². The maximum absolute atomic E-state index is 13.2. The molecule has 19 heavy (non-hydrogen) atoms. The topological polar surface area (TPSA) is 35.2 Å². The smallest absolute Gasteiger partial charge is 0.126 e. The Bertz CT molecular complexity index is 578. The number of rotatable bonds is 3. The van der Waals surface area contributed by atoms with Crippen molar-refractivity contribution in [3.8, 4) is 5.75 Å². The Kier molecular flexibility index (Phi) is 3.81. The number of halogens is 2. The summed E-state index contributed by atoms with van der Waals surface area (Å²) in [5, 5.41) is 0. The predicted molar refractivity (Wildman–Crippen MR) is 70.1 cm³/mol. The summed E-state index contributed by atoms with van der Waals surface area (Å²) in [6, 6.07) is 8.18. The van der Waals surface area contributed by atoms with E-state index < -0.39 is 17.7 Å². The molecule has 0 amide bonds. The van der Waals surface area contributed by atoms with Crippen molar-refractivity contribution in [2.75, 3.05) is 7.11 Å². The van der Waals surface area contributed by atoms with Crippen molar-refractivity contribution in [3.63, 3.8) is 0 Å².